The second-order valence-corrected chi connectivity index (χ2v) is 5.43. The van der Waals surface area contributed by atoms with Crippen LogP contribution in [0, 0.1) is 0 Å². The van der Waals surface area contributed by atoms with Gasteiger partial charge >= 0.3 is 0 Å². The van der Waals surface area contributed by atoms with Crippen molar-refractivity contribution >= 4 is 28.9 Å². The van der Waals surface area contributed by atoms with E-state index < -0.39 is 0 Å². The fourth-order valence-corrected chi connectivity index (χ4v) is 2.08. The maximum Gasteiger partial charge on any atom is 0.269 e. The van der Waals surface area contributed by atoms with Gasteiger partial charge in [-0.2, -0.15) is 0 Å². The number of unbranched alkanes of at least 4 members (excludes halogenated alkanes) is 1. The molecule has 0 fully saturated rings. The highest BCUT2D eigenvalue weighted by molar-refractivity contribution is 5.92. The molecule has 1 aromatic heterocycles. The topological polar surface area (TPSA) is 83.1 Å². The van der Waals surface area contributed by atoms with E-state index in [0.717, 1.165) is 29.9 Å². The summed E-state index contributed by atoms with van der Waals surface area (Å²) >= 11 is 0. The van der Waals surface area contributed by atoms with Gasteiger partial charge in [-0.25, -0.2) is 4.98 Å². The molecule has 0 spiro atoms. The molecule has 0 atom stereocenters. The Hall–Kier alpha value is -2.89. The van der Waals surface area contributed by atoms with E-state index >= 15 is 0 Å². The summed E-state index contributed by atoms with van der Waals surface area (Å²) in [6.45, 7) is 4.21. The van der Waals surface area contributed by atoms with E-state index in [1.807, 2.05) is 30.3 Å². The number of nitrogens with one attached hydrogen (secondary N) is 3. The third-order valence-corrected chi connectivity index (χ3v) is 3.31. The molecule has 0 saturated carbocycles. The van der Waals surface area contributed by atoms with Crippen LogP contribution in [0.15, 0.2) is 42.6 Å². The van der Waals surface area contributed by atoms with E-state index in [9.17, 15) is 9.59 Å². The number of anilines is 3. The van der Waals surface area contributed by atoms with Crippen LogP contribution in [0.25, 0.3) is 0 Å². The van der Waals surface area contributed by atoms with Crippen LogP contribution in [0.5, 0.6) is 0 Å². The Balaban J connectivity index is 1.93. The summed E-state index contributed by atoms with van der Waals surface area (Å²) in [5.41, 5.74) is 2.79. The Bertz CT molecular complexity index is 681. The van der Waals surface area contributed by atoms with Crippen molar-refractivity contribution < 1.29 is 9.59 Å². The maximum absolute atomic E-state index is 11.9. The predicted octanol–water partition coefficient (Wildman–Crippen LogP) is 3.31. The molecule has 0 unspecified atom stereocenters. The first-order valence-electron chi connectivity index (χ1n) is 7.97. The third kappa shape index (κ3) is 5.39. The highest BCUT2D eigenvalue weighted by Crippen LogP contribution is 2.18. The Labute approximate surface area is 141 Å². The van der Waals surface area contributed by atoms with E-state index in [0.29, 0.717) is 12.2 Å². The maximum atomic E-state index is 11.9. The van der Waals surface area contributed by atoms with E-state index in [2.05, 4.69) is 27.9 Å². The smallest absolute Gasteiger partial charge is 0.269 e. The minimum absolute atomic E-state index is 0.104. The molecular formula is C18H22N4O2. The molecule has 2 rings (SSSR count). The summed E-state index contributed by atoms with van der Waals surface area (Å²) in [5, 5.41) is 8.74. The summed E-state index contributed by atoms with van der Waals surface area (Å²) < 4.78 is 0. The zero-order chi connectivity index (χ0) is 17.4. The Morgan fingerprint density at radius 2 is 1.67 bits per heavy atom. The standard InChI is InChI=1S/C18H22N4O2/c1-3-4-11-19-18(24)17-10-9-16(12-20-17)22-15-7-5-14(6-8-15)21-13(2)23/h5-10,12,22H,3-4,11H2,1-2H3,(H,19,24)(H,21,23). The molecule has 3 N–H and O–H groups in total. The molecule has 1 heterocycles. The number of carbonyl (C=O) groups is 2. The molecule has 24 heavy (non-hydrogen) atoms. The zero-order valence-corrected chi connectivity index (χ0v) is 13.9. The Morgan fingerprint density at radius 1 is 1.00 bits per heavy atom. The molecule has 126 valence electrons. The monoisotopic (exact) mass is 326 g/mol. The molecule has 2 aromatic rings. The number of pyridine rings is 1. The molecule has 6 heteroatoms. The summed E-state index contributed by atoms with van der Waals surface area (Å²) in [6.07, 6.45) is 3.62. The first-order chi connectivity index (χ1) is 11.6. The number of carbonyl (C=O) groups excluding carboxylic acids is 2. The van der Waals surface area contributed by atoms with Crippen LogP contribution in [-0.2, 0) is 4.79 Å². The van der Waals surface area contributed by atoms with E-state index in [4.69, 9.17) is 0 Å². The van der Waals surface area contributed by atoms with Crippen LogP contribution >= 0.6 is 0 Å². The van der Waals surface area contributed by atoms with Gasteiger partial charge in [-0.1, -0.05) is 13.3 Å². The Morgan fingerprint density at radius 3 is 2.25 bits per heavy atom. The number of hydrogen-bond acceptors (Lipinski definition) is 4. The summed E-state index contributed by atoms with van der Waals surface area (Å²) in [4.78, 5) is 27.1. The van der Waals surface area contributed by atoms with Gasteiger partial charge in [0.05, 0.1) is 11.9 Å². The van der Waals surface area contributed by atoms with Gasteiger partial charge in [0.1, 0.15) is 5.69 Å². The fourth-order valence-electron chi connectivity index (χ4n) is 2.08. The fraction of sp³-hybridized carbons (Fsp3) is 0.278. The molecule has 6 nitrogen and oxygen atoms in total. The van der Waals surface area contributed by atoms with Gasteiger partial charge in [-0.15, -0.1) is 0 Å². The van der Waals surface area contributed by atoms with Crippen molar-refractivity contribution in [1.82, 2.24) is 10.3 Å². The van der Waals surface area contributed by atoms with Crippen molar-refractivity contribution in [2.24, 2.45) is 0 Å². The Kier molecular flexibility index (Phi) is 6.31. The van der Waals surface area contributed by atoms with Crippen molar-refractivity contribution in [2.45, 2.75) is 26.7 Å². The summed E-state index contributed by atoms with van der Waals surface area (Å²) in [6, 6.07) is 10.8. The quantitative estimate of drug-likeness (QED) is 0.682. The predicted molar refractivity (Wildman–Crippen MR) is 95.5 cm³/mol. The van der Waals surface area contributed by atoms with E-state index in [1.54, 1.807) is 12.3 Å². The molecule has 0 aliphatic carbocycles. The lowest BCUT2D eigenvalue weighted by Crippen LogP contribution is -2.25. The lowest BCUT2D eigenvalue weighted by Gasteiger charge is -2.08. The average molecular weight is 326 g/mol. The van der Waals surface area contributed by atoms with Gasteiger partial charge < -0.3 is 16.0 Å². The molecular weight excluding hydrogens is 304 g/mol. The van der Waals surface area contributed by atoms with Crippen molar-refractivity contribution in [2.75, 3.05) is 17.2 Å². The van der Waals surface area contributed by atoms with Crippen LogP contribution in [0.3, 0.4) is 0 Å². The van der Waals surface area contributed by atoms with Crippen molar-refractivity contribution in [1.29, 1.82) is 0 Å². The largest absolute Gasteiger partial charge is 0.354 e. The SMILES string of the molecule is CCCCNC(=O)c1ccc(Nc2ccc(NC(C)=O)cc2)cn1. The van der Waals surface area contributed by atoms with Gasteiger partial charge in [0.15, 0.2) is 0 Å². The minimum Gasteiger partial charge on any atom is -0.354 e. The van der Waals surface area contributed by atoms with Crippen LogP contribution < -0.4 is 16.0 Å². The second kappa shape index (κ2) is 8.67. The van der Waals surface area contributed by atoms with Gasteiger partial charge in [0, 0.05) is 24.8 Å². The minimum atomic E-state index is -0.158. The van der Waals surface area contributed by atoms with Gasteiger partial charge in [0.2, 0.25) is 5.91 Å². The number of hydrogen-bond donors (Lipinski definition) is 3. The molecule has 0 radical (unpaired) electrons. The summed E-state index contributed by atoms with van der Waals surface area (Å²) in [7, 11) is 0. The number of benzene rings is 1. The highest BCUT2D eigenvalue weighted by atomic mass is 16.2. The molecule has 0 saturated heterocycles. The van der Waals surface area contributed by atoms with Crippen LogP contribution in [-0.4, -0.2) is 23.3 Å². The summed E-state index contributed by atoms with van der Waals surface area (Å²) in [5.74, 6) is -0.262. The zero-order valence-electron chi connectivity index (χ0n) is 13.9. The van der Waals surface area contributed by atoms with Crippen LogP contribution in [0.2, 0.25) is 0 Å². The van der Waals surface area contributed by atoms with Crippen LogP contribution in [0.1, 0.15) is 37.2 Å². The highest BCUT2D eigenvalue weighted by Gasteiger charge is 2.06. The average Bonchev–Trinajstić information content (AvgIpc) is 2.57. The van der Waals surface area contributed by atoms with Gasteiger partial charge in [0.25, 0.3) is 5.91 Å². The number of nitrogens with zero attached hydrogens (tertiary/aromatic N) is 1. The number of amides is 2. The molecule has 0 aliphatic rings. The van der Waals surface area contributed by atoms with Gasteiger partial charge in [-0.05, 0) is 42.8 Å². The van der Waals surface area contributed by atoms with Crippen molar-refractivity contribution in [3.8, 4) is 0 Å². The van der Waals surface area contributed by atoms with Crippen molar-refractivity contribution in [3.63, 3.8) is 0 Å². The second-order valence-electron chi connectivity index (χ2n) is 5.43. The first-order valence-corrected chi connectivity index (χ1v) is 7.97. The van der Waals surface area contributed by atoms with Crippen molar-refractivity contribution in [3.05, 3.63) is 48.3 Å². The third-order valence-electron chi connectivity index (χ3n) is 3.31. The molecule has 2 amide bonds. The van der Waals surface area contributed by atoms with Gasteiger partial charge in [-0.3, -0.25) is 9.59 Å². The first kappa shape index (κ1) is 17.5. The molecule has 1 aromatic carbocycles. The lowest BCUT2D eigenvalue weighted by molar-refractivity contribution is -0.114. The number of rotatable bonds is 7. The molecule has 0 aliphatic heterocycles. The normalized spacial score (nSPS) is 10.1. The lowest BCUT2D eigenvalue weighted by atomic mass is 10.2. The van der Waals surface area contributed by atoms with E-state index in [-0.39, 0.29) is 11.8 Å². The van der Waals surface area contributed by atoms with Crippen LogP contribution in [0.4, 0.5) is 17.1 Å². The molecule has 0 bridgehead atoms. The van der Waals surface area contributed by atoms with E-state index in [1.165, 1.54) is 6.92 Å². The number of aromatic nitrogens is 1.